The average molecular weight is 291 g/mol. The molecule has 0 bridgehead atoms. The Kier molecular flexibility index (Phi) is 4.75. The van der Waals surface area contributed by atoms with Crippen LogP contribution in [0.2, 0.25) is 0 Å². The molecule has 2 N–H and O–H groups in total. The fourth-order valence-corrected chi connectivity index (χ4v) is 1.38. The van der Waals surface area contributed by atoms with Crippen molar-refractivity contribution in [3.63, 3.8) is 0 Å². The van der Waals surface area contributed by atoms with Crippen LogP contribution >= 0.6 is 0 Å². The van der Waals surface area contributed by atoms with Crippen molar-refractivity contribution in [3.8, 4) is 0 Å². The van der Waals surface area contributed by atoms with Crippen molar-refractivity contribution < 1.29 is 14.3 Å². The lowest BCUT2D eigenvalue weighted by molar-refractivity contribution is -0.117. The highest BCUT2D eigenvalue weighted by Gasteiger charge is 2.09. The molecule has 2 heterocycles. The molecule has 2 amide bonds. The number of rotatable bonds is 5. The highest BCUT2D eigenvalue weighted by molar-refractivity contribution is 5.89. The Balaban J connectivity index is 1.87. The Bertz CT molecular complexity index is 613. The van der Waals surface area contributed by atoms with Crippen LogP contribution in [0.15, 0.2) is 24.8 Å². The van der Waals surface area contributed by atoms with Gasteiger partial charge >= 0.3 is 6.09 Å². The summed E-state index contributed by atoms with van der Waals surface area (Å²) in [6, 6.07) is 1.56. The van der Waals surface area contributed by atoms with Gasteiger partial charge in [-0.1, -0.05) is 0 Å². The van der Waals surface area contributed by atoms with E-state index >= 15 is 0 Å². The van der Waals surface area contributed by atoms with Crippen molar-refractivity contribution in [2.45, 2.75) is 13.5 Å². The first kappa shape index (κ1) is 14.4. The van der Waals surface area contributed by atoms with Crippen LogP contribution in [0, 0.1) is 0 Å². The first-order valence-corrected chi connectivity index (χ1v) is 6.07. The summed E-state index contributed by atoms with van der Waals surface area (Å²) in [6.45, 7) is 1.82. The number of nitrogens with one attached hydrogen (secondary N) is 2. The Morgan fingerprint density at radius 2 is 2.19 bits per heavy atom. The number of hydrogen-bond acceptors (Lipinski definition) is 7. The Hall–Kier alpha value is -3.04. The number of amides is 2. The second-order valence-electron chi connectivity index (χ2n) is 3.75. The Morgan fingerprint density at radius 3 is 2.90 bits per heavy atom. The zero-order valence-electron chi connectivity index (χ0n) is 11.2. The molecule has 110 valence electrons. The highest BCUT2D eigenvalue weighted by Crippen LogP contribution is 2.01. The zero-order valence-corrected chi connectivity index (χ0v) is 11.2. The summed E-state index contributed by atoms with van der Waals surface area (Å²) in [7, 11) is 0. The molecule has 2 aromatic rings. The summed E-state index contributed by atoms with van der Waals surface area (Å²) >= 11 is 0. The van der Waals surface area contributed by atoms with Crippen LogP contribution in [-0.4, -0.2) is 43.6 Å². The maximum Gasteiger partial charge on any atom is 0.412 e. The number of aromatic nitrogens is 5. The number of anilines is 2. The van der Waals surface area contributed by atoms with Gasteiger partial charge in [0, 0.05) is 6.20 Å². The molecule has 0 saturated carbocycles. The first-order chi connectivity index (χ1) is 10.2. The van der Waals surface area contributed by atoms with E-state index in [9.17, 15) is 9.59 Å². The second-order valence-corrected chi connectivity index (χ2v) is 3.75. The molecule has 10 heteroatoms. The van der Waals surface area contributed by atoms with Gasteiger partial charge in [0.05, 0.1) is 12.8 Å². The first-order valence-electron chi connectivity index (χ1n) is 6.07. The SMILES string of the molecule is CCOC(=O)Nc1cnn(CC(=O)Nc2ccncn2)n1. The van der Waals surface area contributed by atoms with Gasteiger partial charge in [0.1, 0.15) is 18.7 Å². The highest BCUT2D eigenvalue weighted by atomic mass is 16.5. The molecule has 2 aromatic heterocycles. The lowest BCUT2D eigenvalue weighted by Crippen LogP contribution is -2.21. The molecule has 0 saturated heterocycles. The van der Waals surface area contributed by atoms with Crippen LogP contribution in [0.5, 0.6) is 0 Å². The molecule has 10 nitrogen and oxygen atoms in total. The fraction of sp³-hybridized carbons (Fsp3) is 0.273. The van der Waals surface area contributed by atoms with Crippen LogP contribution in [0.25, 0.3) is 0 Å². The van der Waals surface area contributed by atoms with E-state index in [-0.39, 0.29) is 24.9 Å². The maximum atomic E-state index is 11.7. The summed E-state index contributed by atoms with van der Waals surface area (Å²) in [6.07, 6.45) is 3.52. The topological polar surface area (TPSA) is 124 Å². The van der Waals surface area contributed by atoms with E-state index in [0.717, 1.165) is 4.80 Å². The fourth-order valence-electron chi connectivity index (χ4n) is 1.38. The molecular formula is C11H13N7O3. The van der Waals surface area contributed by atoms with Crippen molar-refractivity contribution in [1.82, 2.24) is 25.0 Å². The smallest absolute Gasteiger partial charge is 0.412 e. The maximum absolute atomic E-state index is 11.7. The van der Waals surface area contributed by atoms with Crippen LogP contribution in [0.3, 0.4) is 0 Å². The molecule has 21 heavy (non-hydrogen) atoms. The number of nitrogens with zero attached hydrogens (tertiary/aromatic N) is 5. The van der Waals surface area contributed by atoms with E-state index in [1.165, 1.54) is 18.7 Å². The van der Waals surface area contributed by atoms with E-state index in [1.54, 1.807) is 13.0 Å². The molecule has 0 aliphatic heterocycles. The summed E-state index contributed by atoms with van der Waals surface area (Å²) in [5.41, 5.74) is 0. The van der Waals surface area contributed by atoms with Crippen LogP contribution in [-0.2, 0) is 16.1 Å². The predicted molar refractivity (Wildman–Crippen MR) is 71.3 cm³/mol. The Labute approximate surface area is 119 Å². The summed E-state index contributed by atoms with van der Waals surface area (Å²) in [5.74, 6) is 0.224. The standard InChI is InChI=1S/C11H13N7O3/c1-2-21-11(20)16-9-5-14-18(17-9)6-10(19)15-8-3-4-12-7-13-8/h3-5,7H,2,6H2,1H3,(H,16,17,20)(H,12,13,15,19). The molecule has 2 rings (SSSR count). The largest absolute Gasteiger partial charge is 0.450 e. The molecule has 0 aliphatic carbocycles. The molecule has 0 spiro atoms. The van der Waals surface area contributed by atoms with Gasteiger partial charge in [-0.05, 0) is 13.0 Å². The number of carbonyl (C=O) groups is 2. The van der Waals surface area contributed by atoms with Gasteiger partial charge in [-0.3, -0.25) is 10.1 Å². The molecule has 0 atom stereocenters. The summed E-state index contributed by atoms with van der Waals surface area (Å²) in [4.78, 5) is 31.6. The molecule has 0 aliphatic rings. The van der Waals surface area contributed by atoms with Gasteiger partial charge < -0.3 is 10.1 Å². The third-order valence-electron chi connectivity index (χ3n) is 2.18. The van der Waals surface area contributed by atoms with E-state index in [4.69, 9.17) is 4.74 Å². The van der Waals surface area contributed by atoms with Crippen molar-refractivity contribution in [1.29, 1.82) is 0 Å². The van der Waals surface area contributed by atoms with Crippen molar-refractivity contribution in [3.05, 3.63) is 24.8 Å². The van der Waals surface area contributed by atoms with Gasteiger partial charge in [-0.2, -0.15) is 9.90 Å². The predicted octanol–water partition coefficient (Wildman–Crippen LogP) is 0.275. The van der Waals surface area contributed by atoms with E-state index in [0.29, 0.717) is 5.82 Å². The van der Waals surface area contributed by atoms with Crippen LogP contribution < -0.4 is 10.6 Å². The minimum Gasteiger partial charge on any atom is -0.450 e. The van der Waals surface area contributed by atoms with Gasteiger partial charge in [0.2, 0.25) is 5.91 Å². The zero-order chi connectivity index (χ0) is 15.1. The van der Waals surface area contributed by atoms with Crippen LogP contribution in [0.1, 0.15) is 6.92 Å². The molecule has 0 aromatic carbocycles. The normalized spacial score (nSPS) is 9.95. The quantitative estimate of drug-likeness (QED) is 0.810. The van der Waals surface area contributed by atoms with E-state index in [1.807, 2.05) is 0 Å². The minimum absolute atomic E-state index is 0.117. The van der Waals surface area contributed by atoms with Gasteiger partial charge in [-0.15, -0.1) is 5.10 Å². The third kappa shape index (κ3) is 4.53. The molecule has 0 radical (unpaired) electrons. The molecular weight excluding hydrogens is 278 g/mol. The van der Waals surface area contributed by atoms with Gasteiger partial charge in [0.25, 0.3) is 0 Å². The summed E-state index contributed by atoms with van der Waals surface area (Å²) in [5, 5.41) is 12.7. The van der Waals surface area contributed by atoms with Crippen molar-refractivity contribution in [2.75, 3.05) is 17.2 Å². The number of carbonyl (C=O) groups excluding carboxylic acids is 2. The number of hydrogen-bond donors (Lipinski definition) is 2. The third-order valence-corrected chi connectivity index (χ3v) is 2.18. The Morgan fingerprint density at radius 1 is 1.33 bits per heavy atom. The lowest BCUT2D eigenvalue weighted by Gasteiger charge is -2.03. The minimum atomic E-state index is -0.630. The van der Waals surface area contributed by atoms with Crippen molar-refractivity contribution >= 4 is 23.6 Å². The average Bonchev–Trinajstić information content (AvgIpc) is 2.87. The second kappa shape index (κ2) is 6.93. The van der Waals surface area contributed by atoms with Crippen LogP contribution in [0.4, 0.5) is 16.4 Å². The van der Waals surface area contributed by atoms with E-state index < -0.39 is 6.09 Å². The van der Waals surface area contributed by atoms with Crippen molar-refractivity contribution in [2.24, 2.45) is 0 Å². The monoisotopic (exact) mass is 291 g/mol. The van der Waals surface area contributed by atoms with Gasteiger partial charge in [0.15, 0.2) is 5.82 Å². The van der Waals surface area contributed by atoms with E-state index in [2.05, 4.69) is 30.8 Å². The number of ether oxygens (including phenoxy) is 1. The summed E-state index contributed by atoms with van der Waals surface area (Å²) < 4.78 is 4.69. The lowest BCUT2D eigenvalue weighted by atomic mass is 10.5. The molecule has 0 fully saturated rings. The van der Waals surface area contributed by atoms with Gasteiger partial charge in [-0.25, -0.2) is 14.8 Å². The molecule has 0 unspecified atom stereocenters.